The van der Waals surface area contributed by atoms with Gasteiger partial charge in [0.1, 0.15) is 17.0 Å². The molecule has 2 aromatic heterocycles. The molecule has 0 saturated heterocycles. The molecule has 0 bridgehead atoms. The van der Waals surface area contributed by atoms with Crippen LogP contribution < -0.4 is 11.1 Å². The van der Waals surface area contributed by atoms with Crippen molar-refractivity contribution in [3.05, 3.63) is 52.7 Å². The quantitative estimate of drug-likeness (QED) is 0.661. The van der Waals surface area contributed by atoms with Gasteiger partial charge in [-0.25, -0.2) is 9.97 Å². The van der Waals surface area contributed by atoms with E-state index in [1.807, 2.05) is 11.3 Å². The van der Waals surface area contributed by atoms with Crippen LogP contribution in [0.25, 0.3) is 10.2 Å². The molecule has 28 heavy (non-hydrogen) atoms. The van der Waals surface area contributed by atoms with Crippen molar-refractivity contribution in [1.29, 1.82) is 0 Å². The Morgan fingerprint density at radius 2 is 2.00 bits per heavy atom. The smallest absolute Gasteiger partial charge is 0.135 e. The Morgan fingerprint density at radius 3 is 2.89 bits per heavy atom. The molecule has 1 fully saturated rings. The summed E-state index contributed by atoms with van der Waals surface area (Å²) in [6.07, 6.45) is 10.4. The summed E-state index contributed by atoms with van der Waals surface area (Å²) in [7, 11) is 0. The van der Waals surface area contributed by atoms with Gasteiger partial charge in [0.05, 0.1) is 5.39 Å². The molecule has 2 heterocycles. The zero-order chi connectivity index (χ0) is 18.9. The molecule has 2 aliphatic carbocycles. The van der Waals surface area contributed by atoms with E-state index in [1.54, 1.807) is 6.33 Å². The van der Waals surface area contributed by atoms with Crippen LogP contribution >= 0.6 is 11.3 Å². The van der Waals surface area contributed by atoms with Crippen LogP contribution in [0.4, 0.5) is 5.82 Å². The summed E-state index contributed by atoms with van der Waals surface area (Å²) in [6, 6.07) is 11.4. The molecule has 0 radical (unpaired) electrons. The van der Waals surface area contributed by atoms with Crippen molar-refractivity contribution in [2.24, 2.45) is 5.92 Å². The molecule has 2 aliphatic rings. The van der Waals surface area contributed by atoms with E-state index in [9.17, 15) is 0 Å². The van der Waals surface area contributed by atoms with Crippen molar-refractivity contribution >= 4 is 27.4 Å². The molecule has 146 valence electrons. The maximum absolute atomic E-state index is 6.26. The zero-order valence-electron chi connectivity index (χ0n) is 16.2. The Morgan fingerprint density at radius 1 is 1.11 bits per heavy atom. The summed E-state index contributed by atoms with van der Waals surface area (Å²) in [5.41, 5.74) is 9.17. The zero-order valence-corrected chi connectivity index (χ0v) is 17.0. The number of nitrogens with two attached hydrogens (primary N) is 1. The van der Waals surface area contributed by atoms with Crippen molar-refractivity contribution in [1.82, 2.24) is 15.3 Å². The predicted molar refractivity (Wildman–Crippen MR) is 117 cm³/mol. The summed E-state index contributed by atoms with van der Waals surface area (Å²) >= 11 is 1.83. The first-order chi connectivity index (χ1) is 13.8. The number of nitrogens with zero attached hydrogens (tertiary/aromatic N) is 2. The van der Waals surface area contributed by atoms with Gasteiger partial charge in [-0.05, 0) is 68.0 Å². The number of benzene rings is 1. The summed E-state index contributed by atoms with van der Waals surface area (Å²) in [4.78, 5) is 11.4. The third-order valence-corrected chi connectivity index (χ3v) is 7.83. The fourth-order valence-electron chi connectivity index (χ4n) is 5.35. The van der Waals surface area contributed by atoms with E-state index in [0.29, 0.717) is 17.8 Å². The standard InChI is InChI=1S/C23H28N4S/c24-22-21-20-18(9-10-19(20)28-23(21)27-14-26-22)16-7-4-8-17(13-16)25-12-11-15-5-2-1-3-6-15/h1-3,5-6,14,16-18,25H,4,7-13H2,(H2,24,26,27)/t16?,17-,18?/m0/s1. The summed E-state index contributed by atoms with van der Waals surface area (Å²) in [6.45, 7) is 1.07. The number of aromatic nitrogens is 2. The van der Waals surface area contributed by atoms with Gasteiger partial charge >= 0.3 is 0 Å². The molecule has 0 amide bonds. The number of fused-ring (bicyclic) bond motifs is 3. The van der Waals surface area contributed by atoms with Gasteiger partial charge in [0.2, 0.25) is 0 Å². The van der Waals surface area contributed by atoms with E-state index in [-0.39, 0.29) is 0 Å². The lowest BCUT2D eigenvalue weighted by Gasteiger charge is -2.34. The molecule has 5 rings (SSSR count). The number of anilines is 1. The molecule has 0 aliphatic heterocycles. The van der Waals surface area contributed by atoms with Gasteiger partial charge in [0.15, 0.2) is 0 Å². The second kappa shape index (κ2) is 7.80. The van der Waals surface area contributed by atoms with Crippen molar-refractivity contribution < 1.29 is 0 Å². The lowest BCUT2D eigenvalue weighted by Crippen LogP contribution is -2.36. The maximum Gasteiger partial charge on any atom is 0.135 e. The lowest BCUT2D eigenvalue weighted by atomic mass is 9.75. The highest BCUT2D eigenvalue weighted by atomic mass is 32.1. The molecule has 3 atom stereocenters. The van der Waals surface area contributed by atoms with Gasteiger partial charge in [-0.15, -0.1) is 11.3 Å². The van der Waals surface area contributed by atoms with Crippen LogP contribution in [0, 0.1) is 5.92 Å². The number of nitrogen functional groups attached to an aromatic ring is 1. The molecule has 2 unspecified atom stereocenters. The Balaban J connectivity index is 1.27. The minimum atomic E-state index is 0.635. The first-order valence-corrected chi connectivity index (χ1v) is 11.4. The van der Waals surface area contributed by atoms with Crippen molar-refractivity contribution in [3.8, 4) is 0 Å². The first-order valence-electron chi connectivity index (χ1n) is 10.6. The van der Waals surface area contributed by atoms with Crippen LogP contribution in [0.15, 0.2) is 36.7 Å². The van der Waals surface area contributed by atoms with E-state index < -0.39 is 0 Å². The third-order valence-electron chi connectivity index (χ3n) is 6.66. The molecular weight excluding hydrogens is 364 g/mol. The average molecular weight is 393 g/mol. The first kappa shape index (κ1) is 18.1. The van der Waals surface area contributed by atoms with Crippen LogP contribution in [0.2, 0.25) is 0 Å². The van der Waals surface area contributed by atoms with E-state index in [2.05, 4.69) is 45.6 Å². The largest absolute Gasteiger partial charge is 0.383 e. The van der Waals surface area contributed by atoms with Gasteiger partial charge in [0, 0.05) is 10.9 Å². The number of hydrogen-bond donors (Lipinski definition) is 2. The fourth-order valence-corrected chi connectivity index (χ4v) is 6.58. The van der Waals surface area contributed by atoms with Crippen LogP contribution in [-0.2, 0) is 12.8 Å². The molecule has 1 saturated carbocycles. The van der Waals surface area contributed by atoms with E-state index >= 15 is 0 Å². The number of aryl methyl sites for hydroxylation is 1. The van der Waals surface area contributed by atoms with Gasteiger partial charge in [-0.2, -0.15) is 0 Å². The highest BCUT2D eigenvalue weighted by Gasteiger charge is 2.36. The molecule has 0 spiro atoms. The lowest BCUT2D eigenvalue weighted by molar-refractivity contribution is 0.251. The predicted octanol–water partition coefficient (Wildman–Crippen LogP) is 4.69. The SMILES string of the molecule is Nc1ncnc2sc3c(c12)C(C1CCC[C@H](NCCc2ccccc2)C1)CC3. The van der Waals surface area contributed by atoms with Crippen molar-refractivity contribution in [3.63, 3.8) is 0 Å². The Labute approximate surface area is 170 Å². The fraction of sp³-hybridized carbons (Fsp3) is 0.478. The molecule has 4 nitrogen and oxygen atoms in total. The van der Waals surface area contributed by atoms with Gasteiger partial charge in [0.25, 0.3) is 0 Å². The number of hydrogen-bond acceptors (Lipinski definition) is 5. The Hall–Kier alpha value is -1.98. The van der Waals surface area contributed by atoms with Crippen LogP contribution in [0.3, 0.4) is 0 Å². The van der Waals surface area contributed by atoms with Crippen LogP contribution in [-0.4, -0.2) is 22.6 Å². The molecule has 3 N–H and O–H groups in total. The average Bonchev–Trinajstić information content (AvgIpc) is 3.29. The Kier molecular flexibility index (Phi) is 5.03. The number of rotatable bonds is 5. The number of nitrogens with one attached hydrogen (secondary N) is 1. The minimum Gasteiger partial charge on any atom is -0.383 e. The third kappa shape index (κ3) is 3.42. The molecule has 1 aromatic carbocycles. The summed E-state index contributed by atoms with van der Waals surface area (Å²) < 4.78 is 0. The van der Waals surface area contributed by atoms with Crippen LogP contribution in [0.5, 0.6) is 0 Å². The van der Waals surface area contributed by atoms with Crippen LogP contribution in [0.1, 0.15) is 54.0 Å². The van der Waals surface area contributed by atoms with Gasteiger partial charge in [-0.3, -0.25) is 0 Å². The summed E-state index contributed by atoms with van der Waals surface area (Å²) in [5.74, 6) is 2.06. The maximum atomic E-state index is 6.26. The van der Waals surface area contributed by atoms with Gasteiger partial charge in [-0.1, -0.05) is 36.8 Å². The monoisotopic (exact) mass is 392 g/mol. The topological polar surface area (TPSA) is 63.8 Å². The second-order valence-electron chi connectivity index (χ2n) is 8.34. The summed E-state index contributed by atoms with van der Waals surface area (Å²) in [5, 5.41) is 5.00. The molecular formula is C23H28N4S. The van der Waals surface area contributed by atoms with Crippen molar-refractivity contribution in [2.45, 2.75) is 56.9 Å². The van der Waals surface area contributed by atoms with E-state index in [1.165, 1.54) is 54.5 Å². The van der Waals surface area contributed by atoms with E-state index in [4.69, 9.17) is 5.73 Å². The van der Waals surface area contributed by atoms with E-state index in [0.717, 1.165) is 29.1 Å². The van der Waals surface area contributed by atoms with Gasteiger partial charge < -0.3 is 11.1 Å². The van der Waals surface area contributed by atoms with Crippen molar-refractivity contribution in [2.75, 3.05) is 12.3 Å². The minimum absolute atomic E-state index is 0.635. The Bertz CT molecular complexity index is 952. The second-order valence-corrected chi connectivity index (χ2v) is 9.42. The highest BCUT2D eigenvalue weighted by molar-refractivity contribution is 7.19. The normalized spacial score (nSPS) is 24.5. The highest BCUT2D eigenvalue weighted by Crippen LogP contribution is 2.50. The molecule has 5 heteroatoms. The molecule has 3 aromatic rings. The number of thiophene rings is 1.